The Morgan fingerprint density at radius 3 is 1.05 bits per heavy atom. The van der Waals surface area contributed by atoms with Gasteiger partial charge in [-0.2, -0.15) is 0 Å². The van der Waals surface area contributed by atoms with E-state index >= 15 is 0 Å². The van der Waals surface area contributed by atoms with Crippen LogP contribution in [-0.4, -0.2) is 46.5 Å². The normalized spacial score (nSPS) is 14.8. The molecule has 0 saturated heterocycles. The van der Waals surface area contributed by atoms with Crippen molar-refractivity contribution in [2.75, 3.05) is 13.1 Å². The molecule has 2 aliphatic heterocycles. The van der Waals surface area contributed by atoms with Crippen molar-refractivity contribution in [1.82, 2.24) is 9.80 Å². The zero-order chi connectivity index (χ0) is 29.1. The Labute approximate surface area is 243 Å². The van der Waals surface area contributed by atoms with Gasteiger partial charge in [0.05, 0.1) is 0 Å². The van der Waals surface area contributed by atoms with E-state index < -0.39 is 0 Å². The third-order valence-electron chi connectivity index (χ3n) is 8.88. The highest BCUT2D eigenvalue weighted by atomic mass is 16.2. The molecule has 0 saturated carbocycles. The number of hydrogen-bond donors (Lipinski definition) is 0. The first-order chi connectivity index (χ1) is 20.5. The average Bonchev–Trinajstić information content (AvgIpc) is 3.01. The van der Waals surface area contributed by atoms with Crippen LogP contribution >= 0.6 is 0 Å². The summed E-state index contributed by atoms with van der Waals surface area (Å²) in [5.41, 5.74) is 2.11. The lowest BCUT2D eigenvalue weighted by Crippen LogP contribution is -2.41. The molecule has 0 atom stereocenters. The standard InChI is InChI=1S/C36H30N2O4/c1-3-5-7-9-19-37-33(39)25-15-11-21-23-13-17-27-32-28(36(42)38(35(27)41)20-10-8-6-4-2)18-14-24(30(23)32)22-12-16-26(34(37)40)31(25)29(21)22/h3-4,11-18H,1-2,5-10,19-20H2. The summed E-state index contributed by atoms with van der Waals surface area (Å²) in [4.78, 5) is 57.1. The molecule has 0 N–H and O–H groups in total. The van der Waals surface area contributed by atoms with Crippen molar-refractivity contribution < 1.29 is 19.2 Å². The Morgan fingerprint density at radius 1 is 0.452 bits per heavy atom. The average molecular weight is 555 g/mol. The second-order valence-corrected chi connectivity index (χ2v) is 11.2. The summed E-state index contributed by atoms with van der Waals surface area (Å²) >= 11 is 0. The zero-order valence-electron chi connectivity index (χ0n) is 23.4. The highest BCUT2D eigenvalue weighted by Crippen LogP contribution is 2.46. The minimum atomic E-state index is -0.268. The largest absolute Gasteiger partial charge is 0.274 e. The molecule has 42 heavy (non-hydrogen) atoms. The van der Waals surface area contributed by atoms with Gasteiger partial charge in [-0.3, -0.25) is 29.0 Å². The van der Waals surface area contributed by atoms with Gasteiger partial charge in [0, 0.05) is 46.1 Å². The summed E-state index contributed by atoms with van der Waals surface area (Å²) in [6.07, 6.45) is 8.55. The van der Waals surface area contributed by atoms with E-state index in [0.29, 0.717) is 46.1 Å². The number of carbonyl (C=O) groups is 4. The van der Waals surface area contributed by atoms with Crippen LogP contribution in [0, 0.1) is 0 Å². The maximum atomic E-state index is 13.6. The Bertz CT molecular complexity index is 1760. The zero-order valence-corrected chi connectivity index (χ0v) is 23.4. The van der Waals surface area contributed by atoms with Gasteiger partial charge in [0.1, 0.15) is 0 Å². The Balaban J connectivity index is 1.41. The number of amides is 4. The van der Waals surface area contributed by atoms with Crippen LogP contribution in [0.1, 0.15) is 80.0 Å². The lowest BCUT2D eigenvalue weighted by Gasteiger charge is -2.30. The predicted molar refractivity (Wildman–Crippen MR) is 166 cm³/mol. The molecule has 7 rings (SSSR count). The highest BCUT2D eigenvalue weighted by molar-refractivity contribution is 6.41. The molecule has 5 aromatic carbocycles. The summed E-state index contributed by atoms with van der Waals surface area (Å²) in [6, 6.07) is 15.0. The van der Waals surface area contributed by atoms with Crippen LogP contribution in [0.4, 0.5) is 0 Å². The van der Waals surface area contributed by atoms with Gasteiger partial charge in [-0.25, -0.2) is 0 Å². The predicted octanol–water partition coefficient (Wildman–Crippen LogP) is 7.64. The molecule has 2 heterocycles. The van der Waals surface area contributed by atoms with E-state index in [0.717, 1.165) is 70.8 Å². The summed E-state index contributed by atoms with van der Waals surface area (Å²) in [5.74, 6) is -1.07. The van der Waals surface area contributed by atoms with Crippen LogP contribution in [0.15, 0.2) is 73.8 Å². The van der Waals surface area contributed by atoms with Crippen LogP contribution in [0.3, 0.4) is 0 Å². The van der Waals surface area contributed by atoms with Gasteiger partial charge in [-0.05, 0) is 95.1 Å². The van der Waals surface area contributed by atoms with E-state index in [1.165, 1.54) is 9.80 Å². The van der Waals surface area contributed by atoms with Crippen LogP contribution in [-0.2, 0) is 0 Å². The van der Waals surface area contributed by atoms with Gasteiger partial charge < -0.3 is 0 Å². The third-order valence-corrected chi connectivity index (χ3v) is 8.88. The second-order valence-electron chi connectivity index (χ2n) is 11.2. The van der Waals surface area contributed by atoms with Crippen molar-refractivity contribution in [1.29, 1.82) is 0 Å². The molecular weight excluding hydrogens is 524 g/mol. The van der Waals surface area contributed by atoms with Crippen LogP contribution in [0.25, 0.3) is 43.1 Å². The van der Waals surface area contributed by atoms with Crippen molar-refractivity contribution in [3.05, 3.63) is 96.1 Å². The monoisotopic (exact) mass is 554 g/mol. The van der Waals surface area contributed by atoms with Gasteiger partial charge in [0.15, 0.2) is 0 Å². The molecule has 0 aromatic heterocycles. The van der Waals surface area contributed by atoms with Gasteiger partial charge in [0.2, 0.25) is 0 Å². The second kappa shape index (κ2) is 9.91. The molecule has 4 amide bonds. The van der Waals surface area contributed by atoms with E-state index in [4.69, 9.17) is 0 Å². The third kappa shape index (κ3) is 3.57. The number of nitrogens with zero attached hydrogens (tertiary/aromatic N) is 2. The number of imide groups is 2. The lowest BCUT2D eigenvalue weighted by molar-refractivity contribution is 0.0592. The Morgan fingerprint density at radius 2 is 0.762 bits per heavy atom. The molecule has 6 nitrogen and oxygen atoms in total. The molecule has 0 spiro atoms. The highest BCUT2D eigenvalue weighted by Gasteiger charge is 2.36. The fourth-order valence-electron chi connectivity index (χ4n) is 6.89. The fraction of sp³-hybridized carbons (Fsp3) is 0.222. The molecule has 0 bridgehead atoms. The van der Waals surface area contributed by atoms with Crippen LogP contribution < -0.4 is 0 Å². The topological polar surface area (TPSA) is 74.8 Å². The van der Waals surface area contributed by atoms with E-state index in [1.54, 1.807) is 0 Å². The number of rotatable bonds is 10. The van der Waals surface area contributed by atoms with Crippen molar-refractivity contribution in [3.8, 4) is 0 Å². The molecule has 0 unspecified atom stereocenters. The number of hydrogen-bond acceptors (Lipinski definition) is 4. The van der Waals surface area contributed by atoms with Gasteiger partial charge in [0.25, 0.3) is 23.6 Å². The maximum absolute atomic E-state index is 13.6. The molecule has 5 aromatic rings. The first kappa shape index (κ1) is 26.1. The number of unbranched alkanes of at least 4 members (excludes halogenated alkanes) is 4. The molecule has 6 heteroatoms. The van der Waals surface area contributed by atoms with E-state index in [1.807, 2.05) is 60.7 Å². The minimum absolute atomic E-state index is 0.268. The first-order valence-electron chi connectivity index (χ1n) is 14.6. The van der Waals surface area contributed by atoms with Crippen molar-refractivity contribution in [2.24, 2.45) is 0 Å². The molecule has 208 valence electrons. The Kier molecular flexibility index (Phi) is 6.15. The molecular formula is C36H30N2O4. The molecule has 0 aliphatic carbocycles. The quantitative estimate of drug-likeness (QED) is 0.0584. The number of carbonyl (C=O) groups excluding carboxylic acids is 4. The summed E-state index contributed by atoms with van der Waals surface area (Å²) in [7, 11) is 0. The van der Waals surface area contributed by atoms with E-state index in [2.05, 4.69) is 13.2 Å². The van der Waals surface area contributed by atoms with Crippen molar-refractivity contribution >= 4 is 66.7 Å². The maximum Gasteiger partial charge on any atom is 0.261 e. The smallest absolute Gasteiger partial charge is 0.261 e. The summed E-state index contributed by atoms with van der Waals surface area (Å²) in [5, 5.41) is 6.68. The number of allylic oxidation sites excluding steroid dienone is 2. The fourth-order valence-corrected chi connectivity index (χ4v) is 6.89. The Hall–Kier alpha value is -4.84. The minimum Gasteiger partial charge on any atom is -0.274 e. The van der Waals surface area contributed by atoms with E-state index in [9.17, 15) is 19.2 Å². The van der Waals surface area contributed by atoms with Crippen molar-refractivity contribution in [3.63, 3.8) is 0 Å². The van der Waals surface area contributed by atoms with E-state index in [-0.39, 0.29) is 23.6 Å². The molecule has 0 radical (unpaired) electrons. The molecule has 0 fully saturated rings. The summed E-state index contributed by atoms with van der Waals surface area (Å²) in [6.45, 7) is 8.24. The molecule has 2 aliphatic rings. The number of benzene rings is 5. The lowest BCUT2D eigenvalue weighted by atomic mass is 9.82. The van der Waals surface area contributed by atoms with Gasteiger partial charge in [-0.1, -0.05) is 36.4 Å². The van der Waals surface area contributed by atoms with Gasteiger partial charge in [-0.15, -0.1) is 13.2 Å². The summed E-state index contributed by atoms with van der Waals surface area (Å²) < 4.78 is 0. The van der Waals surface area contributed by atoms with Crippen LogP contribution in [0.5, 0.6) is 0 Å². The van der Waals surface area contributed by atoms with Gasteiger partial charge >= 0.3 is 0 Å². The SMILES string of the molecule is C=CCCCCN1C(=O)c2ccc3c4ccc5c6c(ccc(c7ccc(c2c37)C1=O)c64)C(=O)N(CCCCC=C)C5=O. The van der Waals surface area contributed by atoms with Crippen molar-refractivity contribution in [2.45, 2.75) is 38.5 Å². The first-order valence-corrected chi connectivity index (χ1v) is 14.6. The number of fused-ring (bicyclic) bond motifs is 2. The van der Waals surface area contributed by atoms with Crippen LogP contribution in [0.2, 0.25) is 0 Å².